The molecule has 2 fully saturated rings. The van der Waals surface area contributed by atoms with Crippen molar-refractivity contribution in [3.05, 3.63) is 30.5 Å². The van der Waals surface area contributed by atoms with Gasteiger partial charge in [-0.3, -0.25) is 4.79 Å². The van der Waals surface area contributed by atoms with Crippen LogP contribution in [0.5, 0.6) is 0 Å². The Hall–Kier alpha value is -2.54. The first-order valence-electron chi connectivity index (χ1n) is 9.58. The summed E-state index contributed by atoms with van der Waals surface area (Å²) in [6.07, 6.45) is 5.62. The third-order valence-corrected chi connectivity index (χ3v) is 5.68. The summed E-state index contributed by atoms with van der Waals surface area (Å²) in [5.74, 6) is -0.0242. The van der Waals surface area contributed by atoms with Crippen molar-refractivity contribution in [2.45, 2.75) is 44.3 Å². The molecular formula is C20H26N4O3. The number of ether oxygens (including phenoxy) is 1. The quantitative estimate of drug-likeness (QED) is 0.776. The summed E-state index contributed by atoms with van der Waals surface area (Å²) in [4.78, 5) is 28.7. The maximum absolute atomic E-state index is 12.6. The van der Waals surface area contributed by atoms with Crippen molar-refractivity contribution >= 4 is 28.5 Å². The van der Waals surface area contributed by atoms with E-state index in [-0.39, 0.29) is 23.6 Å². The number of carbonyl (C=O) groups is 2. The lowest BCUT2D eigenvalue weighted by molar-refractivity contribution is -0.120. The summed E-state index contributed by atoms with van der Waals surface area (Å²) in [7, 11) is 0. The Balaban J connectivity index is 1.29. The lowest BCUT2D eigenvalue weighted by Crippen LogP contribution is -2.48. The molecule has 3 heterocycles. The predicted molar refractivity (Wildman–Crippen MR) is 104 cm³/mol. The fraction of sp³-hybridized carbons (Fsp3) is 0.500. The van der Waals surface area contributed by atoms with Gasteiger partial charge < -0.3 is 25.3 Å². The smallest absolute Gasteiger partial charge is 0.321 e. The molecule has 27 heavy (non-hydrogen) atoms. The summed E-state index contributed by atoms with van der Waals surface area (Å²) in [6, 6.07) is 7.78. The Morgan fingerprint density at radius 3 is 2.85 bits per heavy atom. The molecule has 7 nitrogen and oxygen atoms in total. The third-order valence-electron chi connectivity index (χ3n) is 5.68. The van der Waals surface area contributed by atoms with Gasteiger partial charge in [0.25, 0.3) is 0 Å². The molecule has 3 N–H and O–H groups in total. The lowest BCUT2D eigenvalue weighted by atomic mass is 9.88. The summed E-state index contributed by atoms with van der Waals surface area (Å²) in [6.45, 7) is 3.47. The maximum Gasteiger partial charge on any atom is 0.321 e. The van der Waals surface area contributed by atoms with Crippen molar-refractivity contribution < 1.29 is 14.3 Å². The molecule has 0 unspecified atom stereocenters. The topological polar surface area (TPSA) is 86.5 Å². The average Bonchev–Trinajstić information content (AvgIpc) is 3.27. The first-order chi connectivity index (χ1) is 13.0. The van der Waals surface area contributed by atoms with Crippen molar-refractivity contribution in [3.63, 3.8) is 0 Å². The minimum absolute atomic E-state index is 0.0242. The molecular weight excluding hydrogens is 344 g/mol. The number of carbonyl (C=O) groups excluding carboxylic acids is 2. The number of benzene rings is 1. The van der Waals surface area contributed by atoms with E-state index in [0.29, 0.717) is 19.6 Å². The number of amides is 3. The SMILES string of the molecule is CC(=O)NC[C@@H]1CCC2(CCN(C(=O)Nc3ccc4[nH]ccc4c3)CC2)O1. The Morgan fingerprint density at radius 1 is 1.26 bits per heavy atom. The van der Waals surface area contributed by atoms with Crippen LogP contribution < -0.4 is 10.6 Å². The van der Waals surface area contributed by atoms with Crippen LogP contribution in [-0.2, 0) is 9.53 Å². The number of urea groups is 1. The zero-order valence-electron chi connectivity index (χ0n) is 15.6. The van der Waals surface area contributed by atoms with Crippen LogP contribution in [0.4, 0.5) is 10.5 Å². The van der Waals surface area contributed by atoms with Gasteiger partial charge in [-0.05, 0) is 49.9 Å². The molecule has 3 amide bonds. The molecule has 7 heteroatoms. The highest BCUT2D eigenvalue weighted by Crippen LogP contribution is 2.38. The molecule has 4 rings (SSSR count). The Labute approximate surface area is 158 Å². The number of anilines is 1. The number of rotatable bonds is 3. The summed E-state index contributed by atoms with van der Waals surface area (Å²) >= 11 is 0. The highest BCUT2D eigenvalue weighted by molar-refractivity contribution is 5.92. The number of aromatic amines is 1. The van der Waals surface area contributed by atoms with Crippen LogP contribution >= 0.6 is 0 Å². The van der Waals surface area contributed by atoms with Gasteiger partial charge >= 0.3 is 6.03 Å². The summed E-state index contributed by atoms with van der Waals surface area (Å²) in [5.41, 5.74) is 1.73. The summed E-state index contributed by atoms with van der Waals surface area (Å²) < 4.78 is 6.25. The van der Waals surface area contributed by atoms with E-state index in [0.717, 1.165) is 42.3 Å². The second-order valence-electron chi connectivity index (χ2n) is 7.60. The molecule has 2 aliphatic rings. The number of aromatic nitrogens is 1. The van der Waals surface area contributed by atoms with Crippen LogP contribution in [0.25, 0.3) is 10.9 Å². The fourth-order valence-corrected chi connectivity index (χ4v) is 4.12. The standard InChI is InChI=1S/C20H26N4O3/c1-14(25)22-13-17-4-6-20(27-17)7-10-24(11-8-20)19(26)23-16-2-3-18-15(12-16)5-9-21-18/h2-3,5,9,12,17,21H,4,6-8,10-11,13H2,1H3,(H,22,25)(H,23,26)/t17-/m0/s1. The molecule has 0 radical (unpaired) electrons. The Morgan fingerprint density at radius 2 is 2.07 bits per heavy atom. The van der Waals surface area contributed by atoms with Crippen molar-refractivity contribution in [2.24, 2.45) is 0 Å². The van der Waals surface area contributed by atoms with Gasteiger partial charge in [-0.1, -0.05) is 0 Å². The molecule has 144 valence electrons. The van der Waals surface area contributed by atoms with Gasteiger partial charge in [0, 0.05) is 49.3 Å². The average molecular weight is 370 g/mol. The zero-order valence-corrected chi connectivity index (χ0v) is 15.6. The minimum atomic E-state index is -0.135. The second kappa shape index (κ2) is 7.23. The highest BCUT2D eigenvalue weighted by Gasteiger charge is 2.43. The molecule has 1 aromatic heterocycles. The number of hydrogen-bond acceptors (Lipinski definition) is 3. The molecule has 1 atom stereocenters. The Bertz CT molecular complexity index is 839. The number of hydrogen-bond donors (Lipinski definition) is 3. The molecule has 1 spiro atoms. The second-order valence-corrected chi connectivity index (χ2v) is 7.60. The van der Waals surface area contributed by atoms with E-state index >= 15 is 0 Å². The number of fused-ring (bicyclic) bond motifs is 1. The first kappa shape index (κ1) is 17.9. The van der Waals surface area contributed by atoms with Crippen LogP contribution in [-0.4, -0.2) is 53.2 Å². The van der Waals surface area contributed by atoms with E-state index in [1.165, 1.54) is 6.92 Å². The molecule has 2 aliphatic heterocycles. The van der Waals surface area contributed by atoms with Gasteiger partial charge in [0.05, 0.1) is 11.7 Å². The normalized spacial score (nSPS) is 21.5. The van der Waals surface area contributed by atoms with E-state index in [9.17, 15) is 9.59 Å². The van der Waals surface area contributed by atoms with E-state index in [2.05, 4.69) is 15.6 Å². The number of H-pyrrole nitrogens is 1. The largest absolute Gasteiger partial charge is 0.370 e. The predicted octanol–water partition coefficient (Wildman–Crippen LogP) is 2.85. The van der Waals surface area contributed by atoms with Crippen LogP contribution in [0, 0.1) is 0 Å². The van der Waals surface area contributed by atoms with Crippen LogP contribution in [0.2, 0.25) is 0 Å². The number of nitrogens with one attached hydrogen (secondary N) is 3. The van der Waals surface area contributed by atoms with Gasteiger partial charge in [-0.15, -0.1) is 0 Å². The fourth-order valence-electron chi connectivity index (χ4n) is 4.12. The minimum Gasteiger partial charge on any atom is -0.370 e. The molecule has 2 aromatic rings. The Kier molecular flexibility index (Phi) is 4.78. The summed E-state index contributed by atoms with van der Waals surface area (Å²) in [5, 5.41) is 6.91. The molecule has 0 saturated carbocycles. The van der Waals surface area contributed by atoms with E-state index < -0.39 is 0 Å². The number of piperidine rings is 1. The highest BCUT2D eigenvalue weighted by atomic mass is 16.5. The molecule has 2 saturated heterocycles. The van der Waals surface area contributed by atoms with Crippen molar-refractivity contribution in [2.75, 3.05) is 25.0 Å². The molecule has 1 aromatic carbocycles. The van der Waals surface area contributed by atoms with Gasteiger partial charge in [0.1, 0.15) is 0 Å². The third kappa shape index (κ3) is 3.93. The van der Waals surface area contributed by atoms with Crippen molar-refractivity contribution in [3.8, 4) is 0 Å². The molecule has 0 bridgehead atoms. The maximum atomic E-state index is 12.6. The van der Waals surface area contributed by atoms with Gasteiger partial charge in [0.2, 0.25) is 5.91 Å². The van der Waals surface area contributed by atoms with Gasteiger partial charge in [-0.2, -0.15) is 0 Å². The van der Waals surface area contributed by atoms with E-state index in [1.807, 2.05) is 35.4 Å². The lowest BCUT2D eigenvalue weighted by Gasteiger charge is -2.39. The van der Waals surface area contributed by atoms with Gasteiger partial charge in [0.15, 0.2) is 0 Å². The van der Waals surface area contributed by atoms with Crippen LogP contribution in [0.1, 0.15) is 32.6 Å². The zero-order chi connectivity index (χ0) is 18.9. The van der Waals surface area contributed by atoms with Crippen LogP contribution in [0.15, 0.2) is 30.5 Å². The van der Waals surface area contributed by atoms with Crippen LogP contribution in [0.3, 0.4) is 0 Å². The number of nitrogens with zero attached hydrogens (tertiary/aromatic N) is 1. The van der Waals surface area contributed by atoms with Crippen molar-refractivity contribution in [1.82, 2.24) is 15.2 Å². The van der Waals surface area contributed by atoms with E-state index in [1.54, 1.807) is 0 Å². The first-order valence-corrected chi connectivity index (χ1v) is 9.58. The number of likely N-dealkylation sites (tertiary alicyclic amines) is 1. The molecule has 0 aliphatic carbocycles. The monoisotopic (exact) mass is 370 g/mol. The van der Waals surface area contributed by atoms with Crippen molar-refractivity contribution in [1.29, 1.82) is 0 Å². The van der Waals surface area contributed by atoms with E-state index in [4.69, 9.17) is 4.74 Å². The van der Waals surface area contributed by atoms with Gasteiger partial charge in [-0.25, -0.2) is 4.79 Å².